The maximum absolute atomic E-state index is 11.4. The Kier molecular flexibility index (Phi) is 4.89. The molecule has 3 aromatic rings. The van der Waals surface area contributed by atoms with E-state index < -0.39 is 34.1 Å². The lowest BCUT2D eigenvalue weighted by molar-refractivity contribution is 0.376. The van der Waals surface area contributed by atoms with Gasteiger partial charge in [-0.3, -0.25) is 9.13 Å². The van der Waals surface area contributed by atoms with Crippen LogP contribution in [0.3, 0.4) is 0 Å². The molecule has 4 N–H and O–H groups in total. The first-order chi connectivity index (χ1) is 11.7. The molecule has 0 aliphatic carbocycles. The van der Waals surface area contributed by atoms with Crippen molar-refractivity contribution in [1.82, 2.24) is 0 Å². The molecule has 0 atom stereocenters. The fraction of sp³-hybridized carbons (Fsp3) is 0. The lowest BCUT2D eigenvalue weighted by atomic mass is 10.4. The maximum atomic E-state index is 11.4. The summed E-state index contributed by atoms with van der Waals surface area (Å²) in [6, 6.07) is 14.1. The van der Waals surface area contributed by atoms with Crippen molar-refractivity contribution in [2.45, 2.75) is 0 Å². The Morgan fingerprint density at radius 2 is 1.12 bits per heavy atom. The zero-order valence-electron chi connectivity index (χ0n) is 12.5. The zero-order chi connectivity index (χ0) is 18.2. The molecule has 3 rings (SSSR count). The van der Waals surface area contributed by atoms with Crippen LogP contribution in [0.15, 0.2) is 63.4 Å². The van der Waals surface area contributed by atoms with E-state index in [0.717, 1.165) is 5.30 Å². The Hall–Kier alpha value is -1.49. The third-order valence-corrected chi connectivity index (χ3v) is 6.99. The van der Waals surface area contributed by atoms with Gasteiger partial charge in [0.2, 0.25) is 11.0 Å². The summed E-state index contributed by atoms with van der Waals surface area (Å²) >= 11 is 0. The van der Waals surface area contributed by atoms with Crippen LogP contribution in [0.25, 0.3) is 0 Å². The van der Waals surface area contributed by atoms with Gasteiger partial charge in [-0.1, -0.05) is 30.3 Å². The van der Waals surface area contributed by atoms with Crippen molar-refractivity contribution < 1.29 is 37.5 Å². The fourth-order valence-corrected chi connectivity index (χ4v) is 5.27. The molecule has 0 bridgehead atoms. The number of benzene rings is 1. The fourth-order valence-electron chi connectivity index (χ4n) is 2.13. The molecule has 0 saturated carbocycles. The monoisotopic (exact) mass is 402 g/mol. The van der Waals surface area contributed by atoms with Gasteiger partial charge in [-0.05, 0) is 29.6 Å². The van der Waals surface area contributed by atoms with Crippen molar-refractivity contribution in [3.63, 3.8) is 0 Å². The van der Waals surface area contributed by atoms with Crippen LogP contribution in [0.4, 0.5) is 0 Å². The molecule has 0 saturated heterocycles. The summed E-state index contributed by atoms with van der Waals surface area (Å²) in [6.45, 7) is 0. The summed E-state index contributed by atoms with van der Waals surface area (Å²) in [7, 11) is -10.6. The minimum Gasteiger partial charge on any atom is -0.448 e. The Morgan fingerprint density at radius 1 is 0.680 bits per heavy atom. The quantitative estimate of drug-likeness (QED) is 0.445. The largest absolute Gasteiger partial charge is 0.448 e. The summed E-state index contributed by atoms with van der Waals surface area (Å²) < 4.78 is 33.4. The molecule has 25 heavy (non-hydrogen) atoms. The average molecular weight is 402 g/mol. The Morgan fingerprint density at radius 3 is 1.48 bits per heavy atom. The van der Waals surface area contributed by atoms with E-state index in [2.05, 4.69) is 0 Å². The predicted octanol–water partition coefficient (Wildman–Crippen LogP) is 0.237. The summed E-state index contributed by atoms with van der Waals surface area (Å²) in [5, 5.41) is 0.732. The van der Waals surface area contributed by atoms with E-state index in [1.54, 1.807) is 30.3 Å². The SMILES string of the molecule is O=P(O)(O)c1ccc(P(c2ccccc2)c2ccc(P(=O)(O)O)o2)o1. The van der Waals surface area contributed by atoms with Crippen molar-refractivity contribution in [2.24, 2.45) is 0 Å². The molecule has 0 unspecified atom stereocenters. The molecule has 0 amide bonds. The van der Waals surface area contributed by atoms with Gasteiger partial charge in [0.1, 0.15) is 11.0 Å². The molecule has 8 nitrogen and oxygen atoms in total. The highest BCUT2D eigenvalue weighted by molar-refractivity contribution is 7.79. The Labute approximate surface area is 143 Å². The summed E-state index contributed by atoms with van der Waals surface area (Å²) in [5.74, 6) is 0. The standard InChI is InChI=1S/C14H13O8P3/c15-24(16,17)13-8-6-11(21-13)23(10-4-2-1-3-5-10)12-7-9-14(22-12)25(18,19)20/h1-9H,(H2,15,16,17)(H2,18,19,20). The van der Waals surface area contributed by atoms with Gasteiger partial charge < -0.3 is 28.4 Å². The topological polar surface area (TPSA) is 141 Å². The van der Waals surface area contributed by atoms with E-state index in [0.29, 0.717) is 0 Å². The van der Waals surface area contributed by atoms with Gasteiger partial charge in [0.15, 0.2) is 0 Å². The van der Waals surface area contributed by atoms with Crippen molar-refractivity contribution in [3.8, 4) is 0 Å². The second kappa shape index (κ2) is 6.67. The van der Waals surface area contributed by atoms with Crippen molar-refractivity contribution in [3.05, 3.63) is 54.6 Å². The number of rotatable bonds is 5. The summed E-state index contributed by atoms with van der Waals surface area (Å²) in [4.78, 5) is 36.9. The molecular formula is C14H13O8P3. The van der Waals surface area contributed by atoms with Crippen LogP contribution in [0.5, 0.6) is 0 Å². The molecule has 0 aliphatic heterocycles. The maximum Gasteiger partial charge on any atom is 0.391 e. The molecule has 2 aromatic heterocycles. The molecule has 0 radical (unpaired) electrons. The number of hydrogen-bond donors (Lipinski definition) is 4. The van der Waals surface area contributed by atoms with Crippen LogP contribution in [0.1, 0.15) is 0 Å². The van der Waals surface area contributed by atoms with Gasteiger partial charge >= 0.3 is 15.2 Å². The highest BCUT2D eigenvalue weighted by Gasteiger charge is 2.30. The average Bonchev–Trinajstić information content (AvgIpc) is 3.17. The third kappa shape index (κ3) is 4.02. The van der Waals surface area contributed by atoms with Crippen LogP contribution >= 0.6 is 23.1 Å². The predicted molar refractivity (Wildman–Crippen MR) is 93.0 cm³/mol. The van der Waals surface area contributed by atoms with E-state index in [-0.39, 0.29) is 11.0 Å². The van der Waals surface area contributed by atoms with Gasteiger partial charge in [-0.2, -0.15) is 0 Å². The molecule has 1 aromatic carbocycles. The Balaban J connectivity index is 2.11. The van der Waals surface area contributed by atoms with Crippen LogP contribution in [0, 0.1) is 0 Å². The lowest BCUT2D eigenvalue weighted by Gasteiger charge is -2.13. The number of furan rings is 2. The second-order valence-electron chi connectivity index (χ2n) is 4.98. The van der Waals surface area contributed by atoms with E-state index in [4.69, 9.17) is 8.83 Å². The smallest absolute Gasteiger partial charge is 0.391 e. The van der Waals surface area contributed by atoms with Gasteiger partial charge in [-0.25, -0.2) is 0 Å². The highest BCUT2D eigenvalue weighted by Crippen LogP contribution is 2.39. The van der Waals surface area contributed by atoms with Crippen molar-refractivity contribution in [2.75, 3.05) is 0 Å². The Bertz CT molecular complexity index is 905. The molecule has 0 fully saturated rings. The number of hydrogen-bond acceptors (Lipinski definition) is 4. The van der Waals surface area contributed by atoms with Crippen LogP contribution in [-0.4, -0.2) is 19.6 Å². The lowest BCUT2D eigenvalue weighted by Crippen LogP contribution is -2.19. The van der Waals surface area contributed by atoms with Crippen molar-refractivity contribution in [1.29, 1.82) is 0 Å². The van der Waals surface area contributed by atoms with Gasteiger partial charge in [0.05, 0.1) is 7.92 Å². The minimum absolute atomic E-state index is 0.242. The molecule has 132 valence electrons. The van der Waals surface area contributed by atoms with E-state index in [1.165, 1.54) is 24.3 Å². The molecular weight excluding hydrogens is 389 g/mol. The van der Waals surface area contributed by atoms with E-state index in [9.17, 15) is 28.7 Å². The first-order valence-corrected chi connectivity index (χ1v) is 11.4. The first kappa shape index (κ1) is 18.3. The first-order valence-electron chi connectivity index (χ1n) is 6.83. The third-order valence-electron chi connectivity index (χ3n) is 3.18. The molecule has 0 aliphatic rings. The molecule has 0 spiro atoms. The normalized spacial score (nSPS) is 12.7. The second-order valence-corrected chi connectivity index (χ2v) is 10.1. The molecule has 11 heteroatoms. The van der Waals surface area contributed by atoms with Crippen LogP contribution in [-0.2, 0) is 9.13 Å². The minimum atomic E-state index is -4.55. The van der Waals surface area contributed by atoms with Crippen LogP contribution in [0.2, 0.25) is 0 Å². The summed E-state index contributed by atoms with van der Waals surface area (Å²) in [6.07, 6.45) is 0. The summed E-state index contributed by atoms with van der Waals surface area (Å²) in [5.41, 5.74) is -0.474. The van der Waals surface area contributed by atoms with E-state index in [1.807, 2.05) is 0 Å². The van der Waals surface area contributed by atoms with Crippen LogP contribution < -0.4 is 27.3 Å². The highest BCUT2D eigenvalue weighted by atomic mass is 31.2. The van der Waals surface area contributed by atoms with Crippen molar-refractivity contribution >= 4 is 50.4 Å². The van der Waals surface area contributed by atoms with Gasteiger partial charge in [0.25, 0.3) is 0 Å². The zero-order valence-corrected chi connectivity index (χ0v) is 15.1. The van der Waals surface area contributed by atoms with E-state index >= 15 is 0 Å². The van der Waals surface area contributed by atoms with Gasteiger partial charge in [0, 0.05) is 0 Å². The van der Waals surface area contributed by atoms with Gasteiger partial charge in [-0.15, -0.1) is 0 Å². The molecule has 2 heterocycles.